The van der Waals surface area contributed by atoms with E-state index in [1.54, 1.807) is 36.9 Å². The number of anilines is 1. The largest absolute Gasteiger partial charge is 0.493 e. The Kier molecular flexibility index (Phi) is 5.68. The van der Waals surface area contributed by atoms with Gasteiger partial charge < -0.3 is 10.1 Å². The van der Waals surface area contributed by atoms with Crippen LogP contribution in [0.4, 0.5) is 5.69 Å². The van der Waals surface area contributed by atoms with Crippen LogP contribution in [0.2, 0.25) is 0 Å². The van der Waals surface area contributed by atoms with Crippen LogP contribution >= 0.6 is 0 Å². The highest BCUT2D eigenvalue weighted by atomic mass is 16.5. The number of hydrogen-bond acceptors (Lipinski definition) is 3. The highest BCUT2D eigenvalue weighted by molar-refractivity contribution is 6.04. The molecule has 0 radical (unpaired) electrons. The van der Waals surface area contributed by atoms with E-state index < -0.39 is 0 Å². The maximum Gasteiger partial charge on any atom is 0.295 e. The molecule has 1 N–H and O–H groups in total. The third-order valence-electron chi connectivity index (χ3n) is 4.47. The van der Waals surface area contributed by atoms with Gasteiger partial charge in [-0.15, -0.1) is 0 Å². The lowest BCUT2D eigenvalue weighted by Gasteiger charge is -2.10. The SMILES string of the molecule is Cc1c(NC(=O)c2cccc(OCC(C)C)c2)c(=O)n(-c2ccccc2)n1C. The van der Waals surface area contributed by atoms with E-state index in [-0.39, 0.29) is 17.2 Å². The van der Waals surface area contributed by atoms with Crippen LogP contribution in [0.25, 0.3) is 5.69 Å². The van der Waals surface area contributed by atoms with E-state index in [0.717, 1.165) is 5.69 Å². The van der Waals surface area contributed by atoms with Gasteiger partial charge in [-0.1, -0.05) is 38.1 Å². The van der Waals surface area contributed by atoms with Crippen molar-refractivity contribution in [3.63, 3.8) is 0 Å². The van der Waals surface area contributed by atoms with E-state index in [0.29, 0.717) is 29.5 Å². The van der Waals surface area contributed by atoms with E-state index in [9.17, 15) is 9.59 Å². The number of carbonyl (C=O) groups excluding carboxylic acids is 1. The molecule has 6 nitrogen and oxygen atoms in total. The van der Waals surface area contributed by atoms with E-state index in [1.807, 2.05) is 36.4 Å². The maximum atomic E-state index is 12.9. The van der Waals surface area contributed by atoms with Crippen LogP contribution in [0.15, 0.2) is 59.4 Å². The monoisotopic (exact) mass is 379 g/mol. The molecule has 1 heterocycles. The summed E-state index contributed by atoms with van der Waals surface area (Å²) in [4.78, 5) is 25.7. The van der Waals surface area contributed by atoms with Crippen molar-refractivity contribution in [3.8, 4) is 11.4 Å². The van der Waals surface area contributed by atoms with E-state index in [1.165, 1.54) is 4.68 Å². The van der Waals surface area contributed by atoms with Crippen molar-refractivity contribution in [2.45, 2.75) is 20.8 Å². The molecule has 146 valence electrons. The first-order chi connectivity index (χ1) is 13.4. The third-order valence-corrected chi connectivity index (χ3v) is 4.47. The second-order valence-corrected chi connectivity index (χ2v) is 7.12. The van der Waals surface area contributed by atoms with Crippen molar-refractivity contribution in [3.05, 3.63) is 76.2 Å². The predicted octanol–water partition coefficient (Wildman–Crippen LogP) is 3.77. The van der Waals surface area contributed by atoms with Gasteiger partial charge in [-0.05, 0) is 43.2 Å². The van der Waals surface area contributed by atoms with Crippen LogP contribution in [0.5, 0.6) is 5.75 Å². The number of para-hydroxylation sites is 1. The van der Waals surface area contributed by atoms with Crippen molar-refractivity contribution >= 4 is 11.6 Å². The summed E-state index contributed by atoms with van der Waals surface area (Å²) in [6.45, 7) is 6.50. The Morgan fingerprint density at radius 3 is 2.50 bits per heavy atom. The molecule has 0 saturated heterocycles. The molecule has 0 atom stereocenters. The molecule has 6 heteroatoms. The smallest absolute Gasteiger partial charge is 0.295 e. The lowest BCUT2D eigenvalue weighted by Crippen LogP contribution is -2.23. The fourth-order valence-corrected chi connectivity index (χ4v) is 2.89. The third kappa shape index (κ3) is 4.01. The zero-order valence-electron chi connectivity index (χ0n) is 16.6. The first-order valence-electron chi connectivity index (χ1n) is 9.26. The van der Waals surface area contributed by atoms with Gasteiger partial charge in [0.2, 0.25) is 0 Å². The van der Waals surface area contributed by atoms with E-state index >= 15 is 0 Å². The van der Waals surface area contributed by atoms with E-state index in [4.69, 9.17) is 4.74 Å². The molecular formula is C22H25N3O3. The summed E-state index contributed by atoms with van der Waals surface area (Å²) >= 11 is 0. The molecule has 2 aromatic carbocycles. The number of hydrogen-bond donors (Lipinski definition) is 1. The number of amides is 1. The van der Waals surface area contributed by atoms with Gasteiger partial charge in [0.05, 0.1) is 18.0 Å². The van der Waals surface area contributed by atoms with Crippen molar-refractivity contribution < 1.29 is 9.53 Å². The van der Waals surface area contributed by atoms with Gasteiger partial charge in [0.1, 0.15) is 11.4 Å². The first kappa shape index (κ1) is 19.5. The van der Waals surface area contributed by atoms with Crippen molar-refractivity contribution in [2.24, 2.45) is 13.0 Å². The molecule has 0 spiro atoms. The Morgan fingerprint density at radius 1 is 1.11 bits per heavy atom. The number of carbonyl (C=O) groups is 1. The summed E-state index contributed by atoms with van der Waals surface area (Å²) in [6.07, 6.45) is 0. The summed E-state index contributed by atoms with van der Waals surface area (Å²) in [5.74, 6) is 0.676. The molecule has 0 aliphatic rings. The topological polar surface area (TPSA) is 65.3 Å². The minimum Gasteiger partial charge on any atom is -0.493 e. The predicted molar refractivity (Wildman–Crippen MR) is 110 cm³/mol. The molecule has 0 fully saturated rings. The van der Waals surface area contributed by atoms with Crippen LogP contribution in [0, 0.1) is 12.8 Å². The van der Waals surface area contributed by atoms with Crippen LogP contribution in [0.1, 0.15) is 29.9 Å². The van der Waals surface area contributed by atoms with Gasteiger partial charge in [-0.3, -0.25) is 14.3 Å². The second-order valence-electron chi connectivity index (χ2n) is 7.12. The summed E-state index contributed by atoms with van der Waals surface area (Å²) in [6, 6.07) is 16.3. The Morgan fingerprint density at radius 2 is 1.82 bits per heavy atom. The van der Waals surface area contributed by atoms with Crippen LogP contribution in [-0.4, -0.2) is 21.9 Å². The molecule has 3 aromatic rings. The van der Waals surface area contributed by atoms with Gasteiger partial charge in [0, 0.05) is 12.6 Å². The fourth-order valence-electron chi connectivity index (χ4n) is 2.89. The molecule has 0 saturated carbocycles. The fraction of sp³-hybridized carbons (Fsp3) is 0.273. The molecule has 1 amide bonds. The number of nitrogens with one attached hydrogen (secondary N) is 1. The van der Waals surface area contributed by atoms with Crippen molar-refractivity contribution in [2.75, 3.05) is 11.9 Å². The standard InChI is InChI=1S/C22H25N3O3/c1-15(2)14-28-19-12-8-9-17(13-19)21(26)23-20-16(3)24(4)25(22(20)27)18-10-6-5-7-11-18/h5-13,15H,14H2,1-4H3,(H,23,26). The average molecular weight is 379 g/mol. The zero-order valence-corrected chi connectivity index (χ0v) is 16.6. The molecule has 3 rings (SSSR count). The Labute approximate surface area is 164 Å². The van der Waals surface area contributed by atoms with Gasteiger partial charge in [0.15, 0.2) is 0 Å². The lowest BCUT2D eigenvalue weighted by molar-refractivity contribution is 0.102. The summed E-state index contributed by atoms with van der Waals surface area (Å²) in [7, 11) is 1.79. The second kappa shape index (κ2) is 8.17. The molecule has 0 aliphatic heterocycles. The summed E-state index contributed by atoms with van der Waals surface area (Å²) in [5.41, 5.74) is 1.85. The Hall–Kier alpha value is -3.28. The summed E-state index contributed by atoms with van der Waals surface area (Å²) < 4.78 is 8.95. The minimum absolute atomic E-state index is 0.268. The minimum atomic E-state index is -0.346. The number of nitrogens with zero attached hydrogens (tertiary/aromatic N) is 2. The number of ether oxygens (including phenoxy) is 1. The van der Waals surface area contributed by atoms with Gasteiger partial charge >= 0.3 is 0 Å². The maximum absolute atomic E-state index is 12.9. The van der Waals surface area contributed by atoms with E-state index in [2.05, 4.69) is 19.2 Å². The van der Waals surface area contributed by atoms with Crippen molar-refractivity contribution in [1.29, 1.82) is 0 Å². The van der Waals surface area contributed by atoms with Crippen LogP contribution in [-0.2, 0) is 7.05 Å². The van der Waals surface area contributed by atoms with Gasteiger partial charge in [-0.25, -0.2) is 4.68 Å². The normalized spacial score (nSPS) is 10.9. The molecular weight excluding hydrogens is 354 g/mol. The number of rotatable bonds is 6. The highest BCUT2D eigenvalue weighted by Gasteiger charge is 2.19. The number of benzene rings is 2. The first-order valence-corrected chi connectivity index (χ1v) is 9.26. The van der Waals surface area contributed by atoms with Crippen molar-refractivity contribution in [1.82, 2.24) is 9.36 Å². The number of aromatic nitrogens is 2. The van der Waals surface area contributed by atoms with Crippen LogP contribution in [0.3, 0.4) is 0 Å². The lowest BCUT2D eigenvalue weighted by atomic mass is 10.2. The Bertz CT molecular complexity index is 1030. The highest BCUT2D eigenvalue weighted by Crippen LogP contribution is 2.18. The average Bonchev–Trinajstić information content (AvgIpc) is 2.90. The quantitative estimate of drug-likeness (QED) is 0.709. The summed E-state index contributed by atoms with van der Waals surface area (Å²) in [5, 5.41) is 2.77. The van der Waals surface area contributed by atoms with Crippen LogP contribution < -0.4 is 15.6 Å². The van der Waals surface area contributed by atoms with Gasteiger partial charge in [0.25, 0.3) is 11.5 Å². The Balaban J connectivity index is 1.88. The molecule has 0 bridgehead atoms. The molecule has 0 unspecified atom stereocenters. The molecule has 0 aliphatic carbocycles. The molecule has 28 heavy (non-hydrogen) atoms. The van der Waals surface area contributed by atoms with Gasteiger partial charge in [-0.2, -0.15) is 0 Å². The molecule has 1 aromatic heterocycles. The zero-order chi connectivity index (χ0) is 20.3.